The van der Waals surface area contributed by atoms with Crippen molar-refractivity contribution in [1.29, 1.82) is 0 Å². The van der Waals surface area contributed by atoms with Crippen LogP contribution in [0.15, 0.2) is 35.5 Å². The van der Waals surface area contributed by atoms with Gasteiger partial charge in [0.15, 0.2) is 0 Å². The zero-order valence-corrected chi connectivity index (χ0v) is 13.6. The lowest BCUT2D eigenvalue weighted by Gasteiger charge is -2.18. The fourth-order valence-electron chi connectivity index (χ4n) is 5.06. The van der Waals surface area contributed by atoms with E-state index in [0.717, 1.165) is 30.1 Å². The molecule has 5 rings (SSSR count). The SMILES string of the molecule is O=C1[C@@H]2[C@H](C(=O)N1/N=C\c1cc([N+](=O)[O-])ccc1O)[C@@H]1C=C[C@@H]2C12CC2. The number of carbonyl (C=O) groups excluding carboxylic acids is 2. The highest BCUT2D eigenvalue weighted by molar-refractivity contribution is 6.07. The van der Waals surface area contributed by atoms with Gasteiger partial charge < -0.3 is 5.11 Å². The van der Waals surface area contributed by atoms with Crippen LogP contribution in [0.3, 0.4) is 0 Å². The van der Waals surface area contributed by atoms with Crippen molar-refractivity contribution in [1.82, 2.24) is 5.01 Å². The standard InChI is InChI=1S/C18H15N3O5/c22-13-4-1-10(21(25)26)7-9(13)8-19-20-16(23)14-11-2-3-12(15(14)17(20)24)18(11)5-6-18/h1-4,7-8,11-12,14-15,22H,5-6H2/b19-8-/t11-,12-,14-,15+/m0/s1. The summed E-state index contributed by atoms with van der Waals surface area (Å²) in [6.45, 7) is 0. The number of phenolic OH excluding ortho intramolecular Hbond substituents is 1. The van der Waals surface area contributed by atoms with E-state index >= 15 is 0 Å². The van der Waals surface area contributed by atoms with Gasteiger partial charge in [-0.05, 0) is 36.2 Å². The Morgan fingerprint density at radius 1 is 1.19 bits per heavy atom. The fourth-order valence-corrected chi connectivity index (χ4v) is 5.06. The van der Waals surface area contributed by atoms with Crippen LogP contribution in [0.25, 0.3) is 0 Å². The first kappa shape index (κ1) is 15.2. The van der Waals surface area contributed by atoms with Gasteiger partial charge in [0.25, 0.3) is 17.5 Å². The lowest BCUT2D eigenvalue weighted by Crippen LogP contribution is -2.30. The van der Waals surface area contributed by atoms with Gasteiger partial charge in [-0.3, -0.25) is 19.7 Å². The number of benzene rings is 1. The third-order valence-electron chi connectivity index (χ3n) is 6.36. The average molecular weight is 353 g/mol. The number of amides is 2. The van der Waals surface area contributed by atoms with E-state index in [1.807, 2.05) is 0 Å². The Balaban J connectivity index is 1.44. The number of nitro benzene ring substituents is 1. The Hall–Kier alpha value is -3.03. The van der Waals surface area contributed by atoms with Crippen LogP contribution in [0.5, 0.6) is 5.75 Å². The summed E-state index contributed by atoms with van der Waals surface area (Å²) < 4.78 is 0. The van der Waals surface area contributed by atoms with Crippen LogP contribution in [0.2, 0.25) is 0 Å². The van der Waals surface area contributed by atoms with Crippen molar-refractivity contribution in [3.8, 4) is 5.75 Å². The molecule has 1 aromatic carbocycles. The van der Waals surface area contributed by atoms with Crippen LogP contribution in [0.4, 0.5) is 5.69 Å². The smallest absolute Gasteiger partial charge is 0.270 e. The highest BCUT2D eigenvalue weighted by Gasteiger charge is 2.73. The lowest BCUT2D eigenvalue weighted by atomic mass is 9.85. The van der Waals surface area contributed by atoms with Gasteiger partial charge in [0.1, 0.15) is 5.75 Å². The van der Waals surface area contributed by atoms with Crippen molar-refractivity contribution in [2.24, 2.45) is 34.2 Å². The largest absolute Gasteiger partial charge is 0.507 e. The molecule has 0 radical (unpaired) electrons. The molecule has 1 aliphatic heterocycles. The van der Waals surface area contributed by atoms with E-state index in [1.54, 1.807) is 0 Å². The van der Waals surface area contributed by atoms with E-state index in [1.165, 1.54) is 12.1 Å². The van der Waals surface area contributed by atoms with E-state index in [-0.39, 0.29) is 57.9 Å². The van der Waals surface area contributed by atoms with Gasteiger partial charge >= 0.3 is 0 Å². The number of phenols is 1. The zero-order valence-electron chi connectivity index (χ0n) is 13.6. The first-order valence-corrected chi connectivity index (χ1v) is 8.51. The molecule has 3 aliphatic carbocycles. The first-order chi connectivity index (χ1) is 12.4. The molecule has 1 N–H and O–H groups in total. The van der Waals surface area contributed by atoms with Crippen molar-refractivity contribution in [3.05, 3.63) is 46.0 Å². The molecular formula is C18H15N3O5. The normalized spacial score (nSPS) is 32.8. The average Bonchev–Trinajstić information content (AvgIpc) is 3.21. The van der Waals surface area contributed by atoms with E-state index < -0.39 is 4.92 Å². The molecule has 2 bridgehead atoms. The summed E-state index contributed by atoms with van der Waals surface area (Å²) in [4.78, 5) is 35.8. The van der Waals surface area contributed by atoms with Crippen LogP contribution in [0.1, 0.15) is 18.4 Å². The summed E-state index contributed by atoms with van der Waals surface area (Å²) >= 11 is 0. The van der Waals surface area contributed by atoms with E-state index in [9.17, 15) is 24.8 Å². The van der Waals surface area contributed by atoms with Gasteiger partial charge in [0, 0.05) is 17.7 Å². The quantitative estimate of drug-likeness (QED) is 0.293. The maximum Gasteiger partial charge on any atom is 0.270 e. The number of non-ortho nitro benzene ring substituents is 1. The first-order valence-electron chi connectivity index (χ1n) is 8.51. The molecular weight excluding hydrogens is 338 g/mol. The zero-order chi connectivity index (χ0) is 18.2. The van der Waals surface area contributed by atoms with Crippen LogP contribution < -0.4 is 0 Å². The number of nitrogens with zero attached hydrogens (tertiary/aromatic N) is 3. The molecule has 0 aromatic heterocycles. The van der Waals surface area contributed by atoms with Gasteiger partial charge in [0.05, 0.1) is 23.0 Å². The van der Waals surface area contributed by atoms with Gasteiger partial charge in [-0.25, -0.2) is 0 Å². The second-order valence-corrected chi connectivity index (χ2v) is 7.45. The van der Waals surface area contributed by atoms with E-state index in [4.69, 9.17) is 0 Å². The third kappa shape index (κ3) is 1.76. The minimum Gasteiger partial charge on any atom is -0.507 e. The van der Waals surface area contributed by atoms with Crippen LogP contribution in [-0.2, 0) is 9.59 Å². The topological polar surface area (TPSA) is 113 Å². The Morgan fingerprint density at radius 3 is 2.35 bits per heavy atom. The summed E-state index contributed by atoms with van der Waals surface area (Å²) in [6, 6.07) is 3.50. The van der Waals surface area contributed by atoms with Gasteiger partial charge in [0.2, 0.25) is 0 Å². The Bertz CT molecular complexity index is 899. The summed E-state index contributed by atoms with van der Waals surface area (Å²) in [5.74, 6) is -1.32. The van der Waals surface area contributed by atoms with Crippen LogP contribution in [-0.4, -0.2) is 33.1 Å². The van der Waals surface area contributed by atoms with E-state index in [0.29, 0.717) is 0 Å². The maximum atomic E-state index is 12.8. The Labute approximate surface area is 147 Å². The van der Waals surface area contributed by atoms with Crippen LogP contribution >= 0.6 is 0 Å². The van der Waals surface area contributed by atoms with E-state index in [2.05, 4.69) is 17.3 Å². The molecule has 2 saturated carbocycles. The number of hydrogen-bond acceptors (Lipinski definition) is 6. The number of hydrazone groups is 1. The Kier molecular flexibility index (Phi) is 2.80. The van der Waals surface area contributed by atoms with Crippen LogP contribution in [0, 0.1) is 39.2 Å². The predicted octanol–water partition coefficient (Wildman–Crippen LogP) is 1.83. The minimum absolute atomic E-state index is 0.0802. The van der Waals surface area contributed by atoms with Crippen molar-refractivity contribution in [2.45, 2.75) is 12.8 Å². The third-order valence-corrected chi connectivity index (χ3v) is 6.36. The summed E-state index contributed by atoms with van der Waals surface area (Å²) in [6.07, 6.45) is 7.40. The Morgan fingerprint density at radius 2 is 1.81 bits per heavy atom. The fraction of sp³-hybridized carbons (Fsp3) is 0.389. The molecule has 4 atom stereocenters. The predicted molar refractivity (Wildman–Crippen MR) is 89.0 cm³/mol. The molecule has 0 unspecified atom stereocenters. The molecule has 1 heterocycles. The van der Waals surface area contributed by atoms with Crippen molar-refractivity contribution in [3.63, 3.8) is 0 Å². The molecule has 8 nitrogen and oxygen atoms in total. The molecule has 8 heteroatoms. The maximum absolute atomic E-state index is 12.8. The van der Waals surface area contributed by atoms with Crippen molar-refractivity contribution < 1.29 is 19.6 Å². The molecule has 1 saturated heterocycles. The number of rotatable bonds is 3. The molecule has 1 aromatic rings. The van der Waals surface area contributed by atoms with Crippen molar-refractivity contribution in [2.75, 3.05) is 0 Å². The number of carbonyl (C=O) groups is 2. The number of aromatic hydroxyl groups is 1. The molecule has 2 amide bonds. The number of fused-ring (bicyclic) bond motifs is 3. The summed E-state index contributed by atoms with van der Waals surface area (Å²) in [5, 5.41) is 25.5. The number of imide groups is 1. The lowest BCUT2D eigenvalue weighted by molar-refractivity contribution is -0.384. The summed E-state index contributed by atoms with van der Waals surface area (Å²) in [5.41, 5.74) is -0.0101. The monoisotopic (exact) mass is 353 g/mol. The second kappa shape index (κ2) is 4.78. The van der Waals surface area contributed by atoms with Crippen molar-refractivity contribution >= 4 is 23.7 Å². The highest BCUT2D eigenvalue weighted by Crippen LogP contribution is 2.73. The molecule has 26 heavy (non-hydrogen) atoms. The number of hydrogen-bond donors (Lipinski definition) is 1. The van der Waals surface area contributed by atoms with Gasteiger partial charge in [-0.2, -0.15) is 10.1 Å². The van der Waals surface area contributed by atoms with Gasteiger partial charge in [-0.1, -0.05) is 12.2 Å². The molecule has 4 aliphatic rings. The van der Waals surface area contributed by atoms with Gasteiger partial charge in [-0.15, -0.1) is 0 Å². The number of nitro groups is 1. The second-order valence-electron chi connectivity index (χ2n) is 7.45. The number of allylic oxidation sites excluding steroid dienone is 2. The molecule has 1 spiro atoms. The minimum atomic E-state index is -0.591. The summed E-state index contributed by atoms with van der Waals surface area (Å²) in [7, 11) is 0. The molecule has 3 fully saturated rings. The highest BCUT2D eigenvalue weighted by atomic mass is 16.6. The molecule has 132 valence electrons.